The number of carbonyl (C=O) groups is 16. The average Bonchev–Trinajstić information content (AvgIpc) is 1.33. The summed E-state index contributed by atoms with van der Waals surface area (Å²) >= 11 is 0. The molecular formula is C88H86N18O20. The highest BCUT2D eigenvalue weighted by Gasteiger charge is 2.55. The molecule has 4 aliphatic carbocycles. The standard InChI is InChI=1S/4C15H15N3O3.2C14H13N3O4/c4*1-8-17-11-4-2-3-10(16)14(11)15(21)18(8)12-6-5-9(19)7-13(12)20;2*1-14(6-5-9(18)16-13(14)21)17-11(19)7-3-2-4-8(15)10(7)12(17)20/h4*2-4,12H,5-7,16H2,1H3;2*2-4H,5-6,15H2,1H3,(H,16,18,21)/t2*12-;;;14-;/m10..1./s1/i;;12D;;1D3,5D2,6D2;1D3,2D,3D,4D,5D2,6D2. The van der Waals surface area contributed by atoms with Crippen LogP contribution >= 0.6 is 0 Å². The lowest BCUT2D eigenvalue weighted by Crippen LogP contribution is -2.62. The van der Waals surface area contributed by atoms with Crippen LogP contribution in [-0.4, -0.2) is 153 Å². The largest absolute Gasteiger partial charge is 0.398 e. The van der Waals surface area contributed by atoms with E-state index in [1.54, 1.807) is 100 Å². The van der Waals surface area contributed by atoms with Crippen molar-refractivity contribution in [3.8, 4) is 0 Å². The van der Waals surface area contributed by atoms with Gasteiger partial charge in [-0.1, -0.05) is 36.4 Å². The number of hydrogen-bond acceptors (Lipinski definition) is 30. The number of imide groups is 4. The molecule has 4 aliphatic heterocycles. The molecule has 8 amide bonds. The molecule has 18 rings (SSSR count). The number of anilines is 6. The number of nitrogens with zero attached hydrogens (tertiary/aromatic N) is 10. The first-order valence-corrected chi connectivity index (χ1v) is 38.4. The number of nitrogens with one attached hydrogen (secondary N) is 2. The van der Waals surface area contributed by atoms with Gasteiger partial charge in [-0.15, -0.1) is 0 Å². The first-order valence-electron chi connectivity index (χ1n) is 47.4. The van der Waals surface area contributed by atoms with Crippen molar-refractivity contribution < 1.29 is 101 Å². The van der Waals surface area contributed by atoms with E-state index < -0.39 is 174 Å². The Morgan fingerprint density at radius 3 is 1.03 bits per heavy atom. The van der Waals surface area contributed by atoms with Crippen LogP contribution in [0.1, 0.15) is 230 Å². The van der Waals surface area contributed by atoms with Crippen LogP contribution in [0.5, 0.6) is 0 Å². The third-order valence-electron chi connectivity index (χ3n) is 21.5. The van der Waals surface area contributed by atoms with Gasteiger partial charge in [-0.2, -0.15) is 0 Å². The van der Waals surface area contributed by atoms with E-state index in [1.165, 1.54) is 36.5 Å². The molecule has 6 aromatic carbocycles. The summed E-state index contributed by atoms with van der Waals surface area (Å²) < 4.78 is 147. The van der Waals surface area contributed by atoms with Gasteiger partial charge in [-0.25, -0.2) is 19.9 Å². The Kier molecular flexibility index (Phi) is 18.6. The lowest BCUT2D eigenvalue weighted by molar-refractivity contribution is -0.142. The smallest absolute Gasteiger partial charge is 0.264 e. The van der Waals surface area contributed by atoms with E-state index in [0.717, 1.165) is 10.6 Å². The topological polar surface area (TPSA) is 599 Å². The number of nitrogen functional groups attached to an aromatic ring is 6. The minimum absolute atomic E-state index is 0.0225. The van der Waals surface area contributed by atoms with Gasteiger partial charge in [-0.3, -0.25) is 135 Å². The van der Waals surface area contributed by atoms with Crippen LogP contribution in [0.4, 0.5) is 34.1 Å². The fourth-order valence-corrected chi connectivity index (χ4v) is 15.5. The summed E-state index contributed by atoms with van der Waals surface area (Å²) in [6, 6.07) is 17.5. The summed E-state index contributed by atoms with van der Waals surface area (Å²) in [4.78, 5) is 263. The van der Waals surface area contributed by atoms with Gasteiger partial charge in [0.2, 0.25) is 11.8 Å². The number of hydrogen-bond donors (Lipinski definition) is 8. The van der Waals surface area contributed by atoms with Gasteiger partial charge < -0.3 is 34.4 Å². The van der Waals surface area contributed by atoms with E-state index in [-0.39, 0.29) is 134 Å². The Morgan fingerprint density at radius 2 is 0.690 bits per heavy atom. The van der Waals surface area contributed by atoms with Gasteiger partial charge in [-0.05, 0) is 153 Å². The zero-order valence-corrected chi connectivity index (χ0v) is 67.0. The molecule has 6 atom stereocenters. The van der Waals surface area contributed by atoms with E-state index in [1.807, 2.05) is 0 Å². The van der Waals surface area contributed by atoms with Crippen molar-refractivity contribution in [1.82, 2.24) is 58.6 Å². The minimum atomic E-state index is -3.97. The van der Waals surface area contributed by atoms with Gasteiger partial charge in [0.15, 0.2) is 23.1 Å². The zero-order chi connectivity index (χ0) is 107. The molecule has 38 nitrogen and oxygen atoms in total. The summed E-state index contributed by atoms with van der Waals surface area (Å²) in [5.74, 6) is -13.5. The van der Waals surface area contributed by atoms with Crippen molar-refractivity contribution in [2.45, 2.75) is 179 Å². The molecule has 8 aliphatic rings. The second-order valence-electron chi connectivity index (χ2n) is 29.7. The number of rotatable bonds is 6. The van der Waals surface area contributed by atoms with Crippen LogP contribution in [-0.2, 0) is 57.5 Å². The van der Waals surface area contributed by atoms with Crippen molar-refractivity contribution in [2.24, 2.45) is 0 Å². The summed E-state index contributed by atoms with van der Waals surface area (Å²) in [5, 5.41) is 4.00. The summed E-state index contributed by atoms with van der Waals surface area (Å²) in [5.41, 5.74) is 25.4. The van der Waals surface area contributed by atoms with Crippen LogP contribution < -0.4 is 67.3 Å². The maximum atomic E-state index is 13.1. The van der Waals surface area contributed by atoms with E-state index in [0.29, 0.717) is 111 Å². The van der Waals surface area contributed by atoms with Crippen LogP contribution in [0.25, 0.3) is 43.6 Å². The molecule has 4 aromatic heterocycles. The predicted octanol–water partition coefficient (Wildman–Crippen LogP) is 4.72. The number of aromatic nitrogens is 8. The predicted molar refractivity (Wildman–Crippen MR) is 457 cm³/mol. The highest BCUT2D eigenvalue weighted by Crippen LogP contribution is 2.39. The first kappa shape index (κ1) is 67.2. The van der Waals surface area contributed by atoms with Crippen molar-refractivity contribution in [3.05, 3.63) is 196 Å². The van der Waals surface area contributed by atoms with Gasteiger partial charge in [0, 0.05) is 91.7 Å². The molecule has 0 radical (unpaired) electrons. The van der Waals surface area contributed by atoms with Gasteiger partial charge in [0.05, 0.1) is 121 Å². The number of amides is 8. The maximum Gasteiger partial charge on any atom is 0.264 e. The second-order valence-corrected chi connectivity index (χ2v) is 29.7. The maximum absolute atomic E-state index is 13.1. The molecule has 14 N–H and O–H groups in total. The first-order chi connectivity index (χ1) is 66.8. The third-order valence-corrected chi connectivity index (χ3v) is 21.5. The summed E-state index contributed by atoms with van der Waals surface area (Å²) in [6.07, 6.45) is -13.6. The Bertz CT molecular complexity index is 7340. The van der Waals surface area contributed by atoms with Gasteiger partial charge in [0.25, 0.3) is 57.7 Å². The Morgan fingerprint density at radius 1 is 0.381 bits per heavy atom. The lowest BCUT2D eigenvalue weighted by atomic mass is 9.89. The molecule has 2 saturated heterocycles. The SMILES string of the molecule is Cc1nc2cccc(N)c2c(=O)n1C1CCC(=O)CC1=O.Cc1nc2cccc(N)c2c(=O)n1[C@@H]1CCC(=O)CC1=O.Cc1nc2cccc(N)c2c(=O)n1[C@H]1CCC(=O)CC1=O.[2H]C1([2H])C(=O)NC(=O)[C@@](N2C(=O)c3cccc(N)c3C2=O)(C([2H])([2H])[2H])C1([2H])[2H].[2H]C1(n2c(C)nc3cccc(N)c3c2=O)CCC(=O)CC1=O.[2H]c1c([2H])c(N)c2c(c1[2H])C(=O)N(C1(C([2H])([2H])[2H])C(=O)NC(=O)C([2H])([2H])C1([2H])[2H])C2=O. The minimum Gasteiger partial charge on any atom is -0.398 e. The van der Waals surface area contributed by atoms with Crippen LogP contribution in [0, 0.1) is 27.7 Å². The average molecular weight is 1730 g/mol. The van der Waals surface area contributed by atoms with Crippen molar-refractivity contribution in [2.75, 3.05) is 34.4 Å². The van der Waals surface area contributed by atoms with Crippen molar-refractivity contribution in [1.29, 1.82) is 0 Å². The third kappa shape index (κ3) is 16.4. The van der Waals surface area contributed by atoms with Crippen molar-refractivity contribution in [3.63, 3.8) is 0 Å². The van der Waals surface area contributed by atoms with E-state index >= 15 is 0 Å². The fraction of sp³-hybridized carbons (Fsp3) is 0.318. The van der Waals surface area contributed by atoms with Gasteiger partial charge in [0.1, 0.15) is 57.5 Å². The number of nitrogens with two attached hydrogens (primary N) is 6. The monoisotopic (exact) mass is 1730 g/mol. The molecule has 648 valence electrons. The molecule has 8 heterocycles. The molecule has 6 fully saturated rings. The molecular weight excluding hydrogens is 1630 g/mol. The molecule has 3 unspecified atom stereocenters. The normalized spacial score (nSPS) is 25.6. The summed E-state index contributed by atoms with van der Waals surface area (Å²) in [7, 11) is 0. The van der Waals surface area contributed by atoms with Gasteiger partial charge >= 0.3 is 0 Å². The fourth-order valence-electron chi connectivity index (χ4n) is 15.5. The van der Waals surface area contributed by atoms with Crippen LogP contribution in [0.15, 0.2) is 128 Å². The quantitative estimate of drug-likeness (QED) is 0.0634. The van der Waals surface area contributed by atoms with Crippen LogP contribution in [0.2, 0.25) is 0 Å². The molecule has 4 saturated carbocycles. The molecule has 10 aromatic rings. The highest BCUT2D eigenvalue weighted by atomic mass is 16.2. The number of ketones is 8. The Balaban J connectivity index is 0.000000146. The number of piperidine rings is 2. The molecule has 38 heteroatoms. The number of aryl methyl sites for hydroxylation is 4. The van der Waals surface area contributed by atoms with E-state index in [4.69, 9.17) is 59.1 Å². The number of benzene rings is 6. The number of fused-ring (bicyclic) bond motifs is 6. The van der Waals surface area contributed by atoms with E-state index in [9.17, 15) is 95.9 Å². The lowest BCUT2D eigenvalue weighted by Gasteiger charge is -2.38. The molecule has 0 bridgehead atoms. The number of Topliss-reactive ketones (excluding diaryl/α,β-unsaturated/α-hetero) is 8. The Labute approximate surface area is 738 Å². The number of carbonyl (C=O) groups excluding carboxylic acids is 16. The summed E-state index contributed by atoms with van der Waals surface area (Å²) in [6.45, 7) is -1.01. The van der Waals surface area contributed by atoms with Crippen LogP contribution in [0.3, 0.4) is 0 Å². The van der Waals surface area contributed by atoms with Crippen molar-refractivity contribution >= 4 is 171 Å². The second kappa shape index (κ2) is 34.8. The molecule has 0 spiro atoms. The van der Waals surface area contributed by atoms with E-state index in [2.05, 4.69) is 19.9 Å². The zero-order valence-electron chi connectivity index (χ0n) is 85.0. The Hall–Kier alpha value is -15.4. The molecule has 126 heavy (non-hydrogen) atoms. The highest BCUT2D eigenvalue weighted by molar-refractivity contribution is 6.27.